The van der Waals surface area contributed by atoms with Crippen LogP contribution in [0.3, 0.4) is 0 Å². The monoisotopic (exact) mass is 519 g/mol. The normalized spacial score (nSPS) is 19.6. The van der Waals surface area contributed by atoms with Crippen molar-refractivity contribution >= 4 is 34.3 Å². The number of halogens is 1. The lowest BCUT2D eigenvalue weighted by atomic mass is 9.72. The Morgan fingerprint density at radius 3 is 2.59 bits per heavy atom. The third-order valence-electron chi connectivity index (χ3n) is 6.93. The van der Waals surface area contributed by atoms with Gasteiger partial charge < -0.3 is 19.2 Å². The molecule has 7 nitrogen and oxygen atoms in total. The molecule has 1 aliphatic heterocycles. The van der Waals surface area contributed by atoms with E-state index < -0.39 is 11.9 Å². The van der Waals surface area contributed by atoms with Crippen LogP contribution in [0.2, 0.25) is 5.02 Å². The van der Waals surface area contributed by atoms with Crippen LogP contribution in [-0.2, 0) is 19.1 Å². The zero-order valence-corrected chi connectivity index (χ0v) is 21.3. The van der Waals surface area contributed by atoms with E-state index in [1.165, 1.54) is 13.4 Å². The van der Waals surface area contributed by atoms with Gasteiger partial charge in [-0.3, -0.25) is 9.59 Å². The lowest BCUT2D eigenvalue weighted by molar-refractivity contribution is -0.140. The second-order valence-electron chi connectivity index (χ2n) is 9.18. The molecule has 8 heteroatoms. The second-order valence-corrected chi connectivity index (χ2v) is 9.59. The minimum Gasteiger partial charge on any atom is -0.464 e. The van der Waals surface area contributed by atoms with Gasteiger partial charge in [0, 0.05) is 41.1 Å². The topological polar surface area (TPSA) is 94.8 Å². The van der Waals surface area contributed by atoms with Crippen LogP contribution in [0.1, 0.15) is 42.7 Å². The second kappa shape index (κ2) is 10.4. The molecular formula is C29H26ClNO6. The Labute approximate surface area is 218 Å². The number of hydrogen-bond acceptors (Lipinski definition) is 7. The minimum atomic E-state index is -0.924. The van der Waals surface area contributed by atoms with E-state index in [-0.39, 0.29) is 47.9 Å². The van der Waals surface area contributed by atoms with E-state index in [2.05, 4.69) is 5.32 Å². The number of hydrogen-bond donors (Lipinski definition) is 1. The summed E-state index contributed by atoms with van der Waals surface area (Å²) in [5, 5.41) is 4.25. The van der Waals surface area contributed by atoms with Gasteiger partial charge >= 0.3 is 5.97 Å². The Morgan fingerprint density at radius 1 is 1.05 bits per heavy atom. The van der Waals surface area contributed by atoms with E-state index in [1.54, 1.807) is 31.2 Å². The Bertz CT molecular complexity index is 1520. The molecular weight excluding hydrogens is 494 g/mol. The molecule has 2 atom stereocenters. The Morgan fingerprint density at radius 2 is 1.81 bits per heavy atom. The molecule has 1 N–H and O–H groups in total. The zero-order chi connectivity index (χ0) is 26.1. The fourth-order valence-corrected chi connectivity index (χ4v) is 5.52. The number of ether oxygens (including phenoxy) is 2. The van der Waals surface area contributed by atoms with Crippen LogP contribution >= 0.6 is 11.6 Å². The van der Waals surface area contributed by atoms with Crippen molar-refractivity contribution in [3.8, 4) is 0 Å². The van der Waals surface area contributed by atoms with Crippen LogP contribution < -0.4 is 10.7 Å². The van der Waals surface area contributed by atoms with E-state index in [9.17, 15) is 14.4 Å². The van der Waals surface area contributed by atoms with Gasteiger partial charge in [0.05, 0.1) is 29.7 Å². The van der Waals surface area contributed by atoms with Gasteiger partial charge in [0.15, 0.2) is 11.2 Å². The summed E-state index contributed by atoms with van der Waals surface area (Å²) >= 11 is 6.45. The quantitative estimate of drug-likeness (QED) is 0.362. The maximum absolute atomic E-state index is 13.7. The average Bonchev–Trinajstić information content (AvgIpc) is 2.88. The molecule has 1 aromatic heterocycles. The number of fused-ring (bicyclic) bond motifs is 1. The molecule has 190 valence electrons. The summed E-state index contributed by atoms with van der Waals surface area (Å²) in [6.45, 7) is 2.01. The van der Waals surface area contributed by atoms with Gasteiger partial charge in [0.1, 0.15) is 12.2 Å². The summed E-state index contributed by atoms with van der Waals surface area (Å²) < 4.78 is 16.2. The Hall–Kier alpha value is -3.68. The smallest absolute Gasteiger partial charge is 0.336 e. The highest BCUT2D eigenvalue weighted by atomic mass is 35.5. The standard InChI is InChI=1S/C29H26ClNO6/c1-16-25(29(34)36-12-11-35-2)26(20-15-37-24-10-6-4-8-19(24)28(20)33)27-22(31-16)13-17(14-23(27)32)18-7-3-5-9-21(18)30/h3-10,15,17,26,31H,11-14H2,1-2H3/t17-,26-/m0/s1. The van der Waals surface area contributed by atoms with Crippen LogP contribution in [0.25, 0.3) is 11.0 Å². The van der Waals surface area contributed by atoms with Gasteiger partial charge in [0.2, 0.25) is 0 Å². The third kappa shape index (κ3) is 4.61. The zero-order valence-electron chi connectivity index (χ0n) is 20.5. The minimum absolute atomic E-state index is 0.0413. The predicted octanol–water partition coefficient (Wildman–Crippen LogP) is 5.00. The molecule has 0 amide bonds. The van der Waals surface area contributed by atoms with Crippen molar-refractivity contribution < 1.29 is 23.5 Å². The number of esters is 1. The van der Waals surface area contributed by atoms with Crippen molar-refractivity contribution in [2.75, 3.05) is 20.3 Å². The molecule has 0 saturated heterocycles. The first-order valence-electron chi connectivity index (χ1n) is 12.1. The molecule has 2 heterocycles. The molecule has 0 unspecified atom stereocenters. The molecule has 5 rings (SSSR count). The fraction of sp³-hybridized carbons (Fsp3) is 0.276. The Kier molecular flexibility index (Phi) is 7.00. The van der Waals surface area contributed by atoms with E-state index in [0.29, 0.717) is 39.4 Å². The van der Waals surface area contributed by atoms with E-state index >= 15 is 0 Å². The molecule has 2 aliphatic rings. The van der Waals surface area contributed by atoms with Crippen molar-refractivity contribution in [3.63, 3.8) is 0 Å². The largest absolute Gasteiger partial charge is 0.464 e. The number of carbonyl (C=O) groups is 2. The summed E-state index contributed by atoms with van der Waals surface area (Å²) in [7, 11) is 1.51. The molecule has 0 radical (unpaired) electrons. The predicted molar refractivity (Wildman–Crippen MR) is 139 cm³/mol. The molecule has 0 bridgehead atoms. The van der Waals surface area contributed by atoms with Gasteiger partial charge in [-0.05, 0) is 43.0 Å². The number of methoxy groups -OCH3 is 1. The van der Waals surface area contributed by atoms with Gasteiger partial charge in [-0.25, -0.2) is 4.79 Å². The van der Waals surface area contributed by atoms with Crippen molar-refractivity contribution in [2.24, 2.45) is 0 Å². The summed E-state index contributed by atoms with van der Waals surface area (Å²) in [4.78, 5) is 40.7. The van der Waals surface area contributed by atoms with Crippen LogP contribution in [0.15, 0.2) is 86.5 Å². The number of carbonyl (C=O) groups excluding carboxylic acids is 2. The van der Waals surface area contributed by atoms with Crippen LogP contribution in [0, 0.1) is 0 Å². The first-order valence-corrected chi connectivity index (χ1v) is 12.4. The van der Waals surface area contributed by atoms with Crippen LogP contribution in [-0.4, -0.2) is 32.1 Å². The van der Waals surface area contributed by atoms with Crippen LogP contribution in [0.4, 0.5) is 0 Å². The number of Topliss-reactive ketones (excluding diaryl/α,β-unsaturated/α-hetero) is 1. The van der Waals surface area contributed by atoms with Gasteiger partial charge in [-0.15, -0.1) is 0 Å². The van der Waals surface area contributed by atoms with Crippen molar-refractivity contribution in [1.29, 1.82) is 0 Å². The van der Waals surface area contributed by atoms with E-state index in [4.69, 9.17) is 25.5 Å². The molecule has 1 aliphatic carbocycles. The number of para-hydroxylation sites is 1. The maximum atomic E-state index is 13.7. The highest BCUT2D eigenvalue weighted by molar-refractivity contribution is 6.31. The van der Waals surface area contributed by atoms with Gasteiger partial charge in [0.25, 0.3) is 0 Å². The Balaban J connectivity index is 1.64. The number of dihydropyridines is 1. The summed E-state index contributed by atoms with van der Waals surface area (Å²) in [6.07, 6.45) is 2.06. The lowest BCUT2D eigenvalue weighted by Gasteiger charge is -2.36. The highest BCUT2D eigenvalue weighted by Gasteiger charge is 2.43. The lowest BCUT2D eigenvalue weighted by Crippen LogP contribution is -2.37. The number of allylic oxidation sites excluding steroid dienone is 3. The first kappa shape index (κ1) is 25.0. The number of rotatable bonds is 6. The number of benzene rings is 2. The maximum Gasteiger partial charge on any atom is 0.336 e. The molecule has 0 fully saturated rings. The van der Waals surface area contributed by atoms with Gasteiger partial charge in [-0.1, -0.05) is 41.9 Å². The molecule has 2 aromatic carbocycles. The van der Waals surface area contributed by atoms with Crippen LogP contribution in [0.5, 0.6) is 0 Å². The van der Waals surface area contributed by atoms with Crippen molar-refractivity contribution in [2.45, 2.75) is 31.6 Å². The SMILES string of the molecule is COCCOC(=O)C1=C(C)NC2=C(C(=O)C[C@@H](c3ccccc3Cl)C2)[C@H]1c1coc2ccccc2c1=O. The van der Waals surface area contributed by atoms with E-state index in [1.807, 2.05) is 24.3 Å². The van der Waals surface area contributed by atoms with Crippen molar-refractivity contribution in [1.82, 2.24) is 5.32 Å². The average molecular weight is 520 g/mol. The summed E-state index contributed by atoms with van der Waals surface area (Å²) in [5.41, 5.74) is 3.03. The molecule has 0 spiro atoms. The number of ketones is 1. The van der Waals surface area contributed by atoms with E-state index in [0.717, 1.165) is 5.56 Å². The highest BCUT2D eigenvalue weighted by Crippen LogP contribution is 2.46. The molecule has 0 saturated carbocycles. The molecule has 3 aromatic rings. The summed E-state index contributed by atoms with van der Waals surface area (Å²) in [6, 6.07) is 14.4. The third-order valence-corrected chi connectivity index (χ3v) is 7.28. The molecule has 37 heavy (non-hydrogen) atoms. The van der Waals surface area contributed by atoms with Crippen molar-refractivity contribution in [3.05, 3.63) is 104 Å². The summed E-state index contributed by atoms with van der Waals surface area (Å²) in [5.74, 6) is -1.84. The number of nitrogens with one attached hydrogen (secondary N) is 1. The first-order chi connectivity index (χ1) is 17.9. The fourth-order valence-electron chi connectivity index (χ4n) is 5.23. The van der Waals surface area contributed by atoms with Gasteiger partial charge in [-0.2, -0.15) is 0 Å².